The van der Waals surface area contributed by atoms with Crippen molar-refractivity contribution in [1.29, 1.82) is 0 Å². The minimum Gasteiger partial charge on any atom is -0.387 e. The Morgan fingerprint density at radius 1 is 1.28 bits per heavy atom. The monoisotopic (exact) mass is 247 g/mol. The summed E-state index contributed by atoms with van der Waals surface area (Å²) < 4.78 is 0. The second kappa shape index (κ2) is 6.35. The largest absolute Gasteiger partial charge is 0.387 e. The molecule has 1 fully saturated rings. The van der Waals surface area contributed by atoms with Crippen molar-refractivity contribution in [3.05, 3.63) is 34.9 Å². The van der Waals surface area contributed by atoms with Gasteiger partial charge in [0, 0.05) is 6.04 Å². The lowest BCUT2D eigenvalue weighted by atomic mass is 9.90. The topological polar surface area (TPSA) is 32.3 Å². The second-order valence-corrected chi connectivity index (χ2v) is 5.24. The smallest absolute Gasteiger partial charge is 0.0945 e. The quantitative estimate of drug-likeness (QED) is 0.857. The number of aliphatic hydroxyl groups is 1. The van der Waals surface area contributed by atoms with E-state index in [-0.39, 0.29) is 12.1 Å². The fourth-order valence-corrected chi connectivity index (χ4v) is 2.83. The summed E-state index contributed by atoms with van der Waals surface area (Å²) >= 11 is 0. The molecule has 0 spiro atoms. The molecule has 0 aromatic heterocycles. The van der Waals surface area contributed by atoms with E-state index in [0.717, 1.165) is 31.4 Å². The molecule has 0 aliphatic carbocycles. The predicted molar refractivity (Wildman–Crippen MR) is 75.8 cm³/mol. The van der Waals surface area contributed by atoms with E-state index in [1.165, 1.54) is 24.0 Å². The molecule has 0 saturated carbocycles. The molecule has 0 amide bonds. The number of aliphatic hydroxyl groups excluding tert-OH is 1. The second-order valence-electron chi connectivity index (χ2n) is 5.24. The van der Waals surface area contributed by atoms with E-state index in [1.54, 1.807) is 0 Å². The summed E-state index contributed by atoms with van der Waals surface area (Å²) in [4.78, 5) is 0. The van der Waals surface area contributed by atoms with Crippen LogP contribution in [0.3, 0.4) is 0 Å². The first-order valence-electron chi connectivity index (χ1n) is 7.29. The first-order chi connectivity index (χ1) is 8.76. The number of benzene rings is 1. The Hall–Kier alpha value is -0.860. The lowest BCUT2D eigenvalue weighted by Crippen LogP contribution is -2.39. The van der Waals surface area contributed by atoms with Gasteiger partial charge in [-0.05, 0) is 48.9 Å². The maximum Gasteiger partial charge on any atom is 0.0945 e. The van der Waals surface area contributed by atoms with Crippen LogP contribution in [-0.2, 0) is 12.8 Å². The van der Waals surface area contributed by atoms with Crippen LogP contribution in [0.4, 0.5) is 0 Å². The molecule has 1 aromatic carbocycles. The zero-order valence-electron chi connectivity index (χ0n) is 11.6. The summed E-state index contributed by atoms with van der Waals surface area (Å²) in [7, 11) is 0. The maximum atomic E-state index is 10.6. The molecular formula is C16H25NO. The van der Waals surface area contributed by atoms with E-state index < -0.39 is 0 Å². The van der Waals surface area contributed by atoms with E-state index in [0.29, 0.717) is 0 Å². The molecule has 2 N–H and O–H groups in total. The molecule has 1 saturated heterocycles. The van der Waals surface area contributed by atoms with Gasteiger partial charge in [0.2, 0.25) is 0 Å². The molecule has 0 bridgehead atoms. The Balaban J connectivity index is 2.23. The number of hydrogen-bond donors (Lipinski definition) is 2. The van der Waals surface area contributed by atoms with Crippen molar-refractivity contribution >= 4 is 0 Å². The van der Waals surface area contributed by atoms with Crippen molar-refractivity contribution in [3.63, 3.8) is 0 Å². The standard InChI is InChI=1S/C16H25NO/c1-3-12-8-9-13(4-2)14(11-12)16(18)15-7-5-6-10-17-15/h8-9,11,15-18H,3-7,10H2,1-2H3. The molecule has 2 heteroatoms. The van der Waals surface area contributed by atoms with Gasteiger partial charge in [0.05, 0.1) is 6.10 Å². The van der Waals surface area contributed by atoms with Gasteiger partial charge in [-0.2, -0.15) is 0 Å². The van der Waals surface area contributed by atoms with Gasteiger partial charge >= 0.3 is 0 Å². The normalized spacial score (nSPS) is 21.8. The summed E-state index contributed by atoms with van der Waals surface area (Å²) in [5.74, 6) is 0. The molecule has 1 aliphatic rings. The first kappa shape index (κ1) is 13.6. The van der Waals surface area contributed by atoms with Crippen molar-refractivity contribution in [1.82, 2.24) is 5.32 Å². The molecule has 2 unspecified atom stereocenters. The van der Waals surface area contributed by atoms with Crippen LogP contribution in [0.1, 0.15) is 55.9 Å². The van der Waals surface area contributed by atoms with Crippen LogP contribution in [0.25, 0.3) is 0 Å². The van der Waals surface area contributed by atoms with Crippen LogP contribution in [0.5, 0.6) is 0 Å². The average molecular weight is 247 g/mol. The highest BCUT2D eigenvalue weighted by Gasteiger charge is 2.24. The van der Waals surface area contributed by atoms with Crippen LogP contribution in [0.15, 0.2) is 18.2 Å². The molecule has 1 aromatic rings. The van der Waals surface area contributed by atoms with Crippen molar-refractivity contribution < 1.29 is 5.11 Å². The van der Waals surface area contributed by atoms with Crippen molar-refractivity contribution in [2.24, 2.45) is 0 Å². The minimum absolute atomic E-state index is 0.233. The van der Waals surface area contributed by atoms with E-state index in [9.17, 15) is 5.11 Å². The van der Waals surface area contributed by atoms with Gasteiger partial charge < -0.3 is 10.4 Å². The highest BCUT2D eigenvalue weighted by atomic mass is 16.3. The number of hydrogen-bond acceptors (Lipinski definition) is 2. The van der Waals surface area contributed by atoms with Crippen LogP contribution < -0.4 is 5.32 Å². The molecule has 2 nitrogen and oxygen atoms in total. The third-order valence-electron chi connectivity index (χ3n) is 4.05. The third kappa shape index (κ3) is 2.93. The van der Waals surface area contributed by atoms with Crippen LogP contribution in [0.2, 0.25) is 0 Å². The van der Waals surface area contributed by atoms with E-state index in [1.807, 2.05) is 0 Å². The first-order valence-corrected chi connectivity index (χ1v) is 7.29. The molecule has 1 heterocycles. The number of piperidine rings is 1. The fraction of sp³-hybridized carbons (Fsp3) is 0.625. The average Bonchev–Trinajstić information content (AvgIpc) is 2.46. The molecule has 18 heavy (non-hydrogen) atoms. The molecular weight excluding hydrogens is 222 g/mol. The van der Waals surface area contributed by atoms with Crippen molar-refractivity contribution in [2.45, 2.75) is 58.1 Å². The molecule has 1 aliphatic heterocycles. The van der Waals surface area contributed by atoms with Crippen molar-refractivity contribution in [2.75, 3.05) is 6.54 Å². The zero-order chi connectivity index (χ0) is 13.0. The van der Waals surface area contributed by atoms with Gasteiger partial charge in [-0.15, -0.1) is 0 Å². The Labute approximate surface area is 110 Å². The van der Waals surface area contributed by atoms with Crippen LogP contribution in [0, 0.1) is 0 Å². The molecule has 100 valence electrons. The predicted octanol–water partition coefficient (Wildman–Crippen LogP) is 2.99. The minimum atomic E-state index is -0.355. The third-order valence-corrected chi connectivity index (χ3v) is 4.05. The summed E-state index contributed by atoms with van der Waals surface area (Å²) in [5.41, 5.74) is 3.74. The fourth-order valence-electron chi connectivity index (χ4n) is 2.83. The van der Waals surface area contributed by atoms with Gasteiger partial charge in [0.1, 0.15) is 0 Å². The Bertz CT molecular complexity index is 383. The summed E-state index contributed by atoms with van der Waals surface area (Å²) in [6.45, 7) is 5.36. The maximum absolute atomic E-state index is 10.6. The van der Waals surface area contributed by atoms with E-state index in [2.05, 4.69) is 37.4 Å². The van der Waals surface area contributed by atoms with Gasteiger partial charge in [-0.1, -0.05) is 38.5 Å². The lowest BCUT2D eigenvalue weighted by Gasteiger charge is -2.29. The van der Waals surface area contributed by atoms with Crippen molar-refractivity contribution in [3.8, 4) is 0 Å². The summed E-state index contributed by atoms with van der Waals surface area (Å²) in [6, 6.07) is 6.79. The molecule has 0 radical (unpaired) electrons. The van der Waals surface area contributed by atoms with E-state index in [4.69, 9.17) is 0 Å². The van der Waals surface area contributed by atoms with E-state index >= 15 is 0 Å². The molecule has 2 atom stereocenters. The Morgan fingerprint density at radius 2 is 2.11 bits per heavy atom. The number of aryl methyl sites for hydroxylation is 2. The molecule has 2 rings (SSSR count). The number of nitrogens with one attached hydrogen (secondary N) is 1. The van der Waals surface area contributed by atoms with Crippen LogP contribution >= 0.6 is 0 Å². The zero-order valence-corrected chi connectivity index (χ0v) is 11.6. The van der Waals surface area contributed by atoms with Gasteiger partial charge in [-0.3, -0.25) is 0 Å². The summed E-state index contributed by atoms with van der Waals surface area (Å²) in [5, 5.41) is 14.1. The highest BCUT2D eigenvalue weighted by Crippen LogP contribution is 2.27. The Kier molecular flexibility index (Phi) is 4.79. The highest BCUT2D eigenvalue weighted by molar-refractivity contribution is 5.34. The van der Waals surface area contributed by atoms with Gasteiger partial charge in [0.15, 0.2) is 0 Å². The van der Waals surface area contributed by atoms with Gasteiger partial charge in [-0.25, -0.2) is 0 Å². The number of rotatable bonds is 4. The Morgan fingerprint density at radius 3 is 2.72 bits per heavy atom. The summed E-state index contributed by atoms with van der Waals surface area (Å²) in [6.07, 6.45) is 5.21. The van der Waals surface area contributed by atoms with Crippen LogP contribution in [-0.4, -0.2) is 17.7 Å². The SMILES string of the molecule is CCc1ccc(CC)c(C(O)C2CCCCN2)c1. The van der Waals surface area contributed by atoms with Gasteiger partial charge in [0.25, 0.3) is 0 Å². The lowest BCUT2D eigenvalue weighted by molar-refractivity contribution is 0.113.